The van der Waals surface area contributed by atoms with Crippen LogP contribution in [0, 0.1) is 58.7 Å². The molecule has 13 nitrogen and oxygen atoms in total. The quantitative estimate of drug-likeness (QED) is 0.115. The molecular formula is C62H88ClN5O8. The second-order valence-electron chi connectivity index (χ2n) is 23.3. The van der Waals surface area contributed by atoms with Gasteiger partial charge in [-0.3, -0.25) is 10.6 Å². The highest BCUT2D eigenvalue weighted by Crippen LogP contribution is 2.21. The van der Waals surface area contributed by atoms with Crippen LogP contribution < -0.4 is 24.8 Å². The van der Waals surface area contributed by atoms with Crippen LogP contribution in [-0.2, 0) is 20.8 Å². The number of terminal acetylenes is 2. The summed E-state index contributed by atoms with van der Waals surface area (Å²) in [6, 6.07) is 29.3. The summed E-state index contributed by atoms with van der Waals surface area (Å²) in [6.45, 7) is 36.5. The second kappa shape index (κ2) is 34.0. The molecule has 2 N–H and O–H groups in total. The number of carbonyl (C=O) groups is 2. The number of ether oxygens (including phenoxy) is 6. The molecule has 0 spiro atoms. The molecule has 14 heteroatoms. The van der Waals surface area contributed by atoms with Crippen LogP contribution in [0.3, 0.4) is 0 Å². The number of aryl methyl sites for hydroxylation is 1. The Morgan fingerprint density at radius 3 is 1.39 bits per heavy atom. The lowest BCUT2D eigenvalue weighted by Gasteiger charge is -2.18. The van der Waals surface area contributed by atoms with Crippen molar-refractivity contribution in [1.82, 2.24) is 15.0 Å². The smallest absolute Gasteiger partial charge is 0.411 e. The average Bonchev–Trinajstić information content (AvgIpc) is 3.32. The number of para-hydroxylation sites is 1. The van der Waals surface area contributed by atoms with E-state index in [2.05, 4.69) is 99.7 Å². The maximum atomic E-state index is 11.4. The van der Waals surface area contributed by atoms with Crippen molar-refractivity contribution in [3.05, 3.63) is 131 Å². The third kappa shape index (κ3) is 37.9. The lowest BCUT2D eigenvalue weighted by Crippen LogP contribution is -2.21. The van der Waals surface area contributed by atoms with Gasteiger partial charge in [0.2, 0.25) is 17.6 Å². The first-order valence-corrected chi connectivity index (χ1v) is 25.0. The number of benzene rings is 3. The molecule has 416 valence electrons. The number of anilines is 2. The van der Waals surface area contributed by atoms with Crippen molar-refractivity contribution >= 4 is 35.2 Å². The molecule has 0 unspecified atom stereocenters. The summed E-state index contributed by atoms with van der Waals surface area (Å²) in [4.78, 5) is 35.1. The van der Waals surface area contributed by atoms with Gasteiger partial charge in [-0.1, -0.05) is 165 Å². The number of rotatable bonds is 12. The van der Waals surface area contributed by atoms with Gasteiger partial charge in [0.25, 0.3) is 0 Å². The summed E-state index contributed by atoms with van der Waals surface area (Å²) in [7, 11) is 1.58. The first kappa shape index (κ1) is 69.2. The number of methoxy groups -OCH3 is 1. The summed E-state index contributed by atoms with van der Waals surface area (Å²) in [5.74, 6) is 7.44. The molecule has 2 amide bonds. The number of carbonyl (C=O) groups excluding carboxylic acids is 2. The van der Waals surface area contributed by atoms with Crippen molar-refractivity contribution in [2.75, 3.05) is 50.8 Å². The highest BCUT2D eigenvalue weighted by molar-refractivity contribution is 6.30. The van der Waals surface area contributed by atoms with Crippen molar-refractivity contribution < 1.29 is 38.0 Å². The molecule has 0 radical (unpaired) electrons. The van der Waals surface area contributed by atoms with Gasteiger partial charge in [0.15, 0.2) is 0 Å². The molecule has 5 rings (SSSR count). The van der Waals surface area contributed by atoms with Crippen LogP contribution in [-0.4, -0.2) is 67.3 Å². The Labute approximate surface area is 462 Å². The van der Waals surface area contributed by atoms with Crippen molar-refractivity contribution in [3.63, 3.8) is 0 Å². The topological polar surface area (TPSA) is 152 Å². The Kier molecular flexibility index (Phi) is 30.9. The van der Waals surface area contributed by atoms with Crippen LogP contribution in [0.25, 0.3) is 0 Å². The predicted octanol–water partition coefficient (Wildman–Crippen LogP) is 15.8. The molecule has 5 aromatic rings. The largest absolute Gasteiger partial charge is 0.481 e. The van der Waals surface area contributed by atoms with Gasteiger partial charge < -0.3 is 28.4 Å². The third-order valence-corrected chi connectivity index (χ3v) is 8.75. The number of nitrogens with zero attached hydrogens (tertiary/aromatic N) is 3. The monoisotopic (exact) mass is 1070 g/mol. The van der Waals surface area contributed by atoms with Crippen LogP contribution >= 0.6 is 11.6 Å². The molecule has 0 saturated heterocycles. The van der Waals surface area contributed by atoms with Crippen molar-refractivity contribution in [3.8, 4) is 42.3 Å². The SMILES string of the molecule is C.C#Cc1ccc(COCC(C)(C)C)cc1.C#Cc1ccc(NC(=O)OCC(C)(C)C)cc1.CC(C)(C)COC(=O)Nc1ccccc1.CC(C)(C)COc1cc(Cl)ccn1.COc1cc(OCC(C)(C)C)nc(C)n1. The normalized spacial score (nSPS) is 10.8. The van der Waals surface area contributed by atoms with Gasteiger partial charge in [-0.2, -0.15) is 9.97 Å². The van der Waals surface area contributed by atoms with E-state index in [-0.39, 0.29) is 34.5 Å². The Hall–Kier alpha value is -6.80. The van der Waals surface area contributed by atoms with Crippen molar-refractivity contribution in [1.29, 1.82) is 0 Å². The van der Waals surface area contributed by atoms with E-state index in [1.165, 1.54) is 5.56 Å². The van der Waals surface area contributed by atoms with Crippen molar-refractivity contribution in [2.45, 2.75) is 125 Å². The van der Waals surface area contributed by atoms with E-state index in [0.717, 1.165) is 23.4 Å². The molecule has 3 aromatic carbocycles. The number of nitrogens with one attached hydrogen (secondary N) is 2. The Morgan fingerprint density at radius 2 is 0.974 bits per heavy atom. The minimum absolute atomic E-state index is 0. The average molecular weight is 1070 g/mol. The number of aromatic nitrogens is 3. The first-order chi connectivity index (χ1) is 34.8. The Bertz CT molecular complexity index is 2510. The number of hydrogen-bond donors (Lipinski definition) is 2. The molecule has 0 bridgehead atoms. The predicted molar refractivity (Wildman–Crippen MR) is 312 cm³/mol. The molecule has 0 fully saturated rings. The zero-order valence-electron chi connectivity index (χ0n) is 47.7. The number of halogens is 1. The third-order valence-electron chi connectivity index (χ3n) is 8.52. The van der Waals surface area contributed by atoms with Gasteiger partial charge in [0.05, 0.1) is 52.8 Å². The summed E-state index contributed by atoms with van der Waals surface area (Å²) in [5.41, 5.74) is 4.71. The fraction of sp³-hybridized carbons (Fsp3) is 0.468. The van der Waals surface area contributed by atoms with Crippen LogP contribution in [0.15, 0.2) is 103 Å². The minimum Gasteiger partial charge on any atom is -0.481 e. The molecule has 0 atom stereocenters. The zero-order chi connectivity index (χ0) is 56.9. The Morgan fingerprint density at radius 1 is 0.553 bits per heavy atom. The number of hydrogen-bond acceptors (Lipinski definition) is 11. The molecule has 2 heterocycles. The molecule has 2 aromatic heterocycles. The van der Waals surface area contributed by atoms with Gasteiger partial charge in [-0.15, -0.1) is 12.8 Å². The van der Waals surface area contributed by atoms with Crippen LogP contribution in [0.5, 0.6) is 17.6 Å². The lowest BCUT2D eigenvalue weighted by molar-refractivity contribution is 0.0599. The molecule has 0 aliphatic carbocycles. The summed E-state index contributed by atoms with van der Waals surface area (Å²) >= 11 is 5.77. The summed E-state index contributed by atoms with van der Waals surface area (Å²) in [6.07, 6.45) is 11.3. The number of pyridine rings is 1. The fourth-order valence-corrected chi connectivity index (χ4v) is 5.10. The highest BCUT2D eigenvalue weighted by atomic mass is 35.5. The highest BCUT2D eigenvalue weighted by Gasteiger charge is 2.16. The van der Waals surface area contributed by atoms with E-state index >= 15 is 0 Å². The molecular weight excluding hydrogens is 978 g/mol. The molecule has 76 heavy (non-hydrogen) atoms. The standard InChI is InChI=1S/C14H17NO2.C14H18O.C12H17NO2.C11H18N2O2.C10H14ClNO.CH4/c1-5-11-6-8-12(9-7-11)15-13(16)17-10-14(2,3)4;1-5-12-6-8-13(9-7-12)10-15-11-14(2,3)4;1-12(2,3)9-15-11(14)13-10-7-5-4-6-8-10;1-8-12-9(14-5)6-10(13-8)15-7-11(2,3)4;1-10(2,3)7-13-9-6-8(11)4-5-12-9;/h1,6-9H,10H2,2-4H3,(H,15,16);1,6-9H,10-11H2,2-4H3;4-8H,9H2,1-3H3,(H,13,14);6H,7H2,1-5H3;4-6H,7H2,1-3H3;1H4. The van der Waals surface area contributed by atoms with Gasteiger partial charge in [0, 0.05) is 39.8 Å². The summed E-state index contributed by atoms with van der Waals surface area (Å²) < 4.78 is 31.8. The van der Waals surface area contributed by atoms with Gasteiger partial charge in [0.1, 0.15) is 5.82 Å². The maximum absolute atomic E-state index is 11.4. The second-order valence-corrected chi connectivity index (χ2v) is 23.7. The molecule has 0 aliphatic heterocycles. The summed E-state index contributed by atoms with van der Waals surface area (Å²) in [5, 5.41) is 5.94. The van der Waals surface area contributed by atoms with Crippen molar-refractivity contribution in [2.24, 2.45) is 27.1 Å². The van der Waals surface area contributed by atoms with Crippen LogP contribution in [0.2, 0.25) is 5.02 Å². The molecule has 0 saturated carbocycles. The van der Waals surface area contributed by atoms with E-state index in [1.807, 2.05) is 103 Å². The van der Waals surface area contributed by atoms with Gasteiger partial charge in [-0.05, 0) is 94.2 Å². The first-order valence-electron chi connectivity index (χ1n) is 24.7. The Balaban J connectivity index is 0.000000924. The van der Waals surface area contributed by atoms with Gasteiger partial charge >= 0.3 is 12.2 Å². The minimum atomic E-state index is -0.451. The van der Waals surface area contributed by atoms with Gasteiger partial charge in [-0.25, -0.2) is 14.6 Å². The van der Waals surface area contributed by atoms with E-state index in [9.17, 15) is 9.59 Å². The van der Waals surface area contributed by atoms with E-state index in [4.69, 9.17) is 52.9 Å². The molecule has 0 aliphatic rings. The van der Waals surface area contributed by atoms with E-state index in [0.29, 0.717) is 67.2 Å². The van der Waals surface area contributed by atoms with Crippen LogP contribution in [0.4, 0.5) is 21.0 Å². The zero-order valence-corrected chi connectivity index (χ0v) is 48.5. The van der Waals surface area contributed by atoms with Crippen LogP contribution in [0.1, 0.15) is 134 Å². The number of amides is 2. The lowest BCUT2D eigenvalue weighted by atomic mass is 9.99. The van der Waals surface area contributed by atoms with E-state index in [1.54, 1.807) is 55.8 Å². The maximum Gasteiger partial charge on any atom is 0.411 e. The van der Waals surface area contributed by atoms with E-state index < -0.39 is 12.2 Å². The fourth-order valence-electron chi connectivity index (χ4n) is 4.95.